The van der Waals surface area contributed by atoms with Gasteiger partial charge in [0.25, 0.3) is 0 Å². The van der Waals surface area contributed by atoms with Gasteiger partial charge in [-0.25, -0.2) is 0 Å². The van der Waals surface area contributed by atoms with Crippen LogP contribution >= 0.6 is 0 Å². The minimum Gasteiger partial charge on any atom is -1.00 e. The minimum absolute atomic E-state index is 0. The molecule has 1 nitrogen and oxygen atoms in total. The van der Waals surface area contributed by atoms with Gasteiger partial charge in [0.05, 0.1) is 0 Å². The van der Waals surface area contributed by atoms with E-state index in [4.69, 9.17) is 0 Å². The van der Waals surface area contributed by atoms with Crippen LogP contribution in [0.1, 0.15) is 0 Å². The molecular formula is C4H5Cl2NSTi. The summed E-state index contributed by atoms with van der Waals surface area (Å²) in [5.74, 6) is 0. The Morgan fingerprint density at radius 2 is 1.89 bits per heavy atom. The summed E-state index contributed by atoms with van der Waals surface area (Å²) in [6, 6.07) is 0. The van der Waals surface area contributed by atoms with Crippen molar-refractivity contribution in [2.75, 3.05) is 7.05 Å². The number of hydrogen-bond donors (Lipinski definition) is 0. The van der Waals surface area contributed by atoms with Crippen molar-refractivity contribution in [1.82, 2.24) is 0 Å². The molecule has 2 radical (unpaired) electrons. The summed E-state index contributed by atoms with van der Waals surface area (Å²) >= 11 is 4.52. The van der Waals surface area contributed by atoms with Crippen LogP contribution in [0.4, 0.5) is 0 Å². The molecule has 9 heavy (non-hydrogen) atoms. The Balaban J connectivity index is -0.0000000417. The zero-order valence-electron chi connectivity index (χ0n) is 4.82. The molecule has 0 aliphatic rings. The maximum Gasteiger partial charge on any atom is 3.00 e. The molecule has 0 atom stereocenters. The van der Waals surface area contributed by atoms with Gasteiger partial charge in [-0.2, -0.15) is 0 Å². The van der Waals surface area contributed by atoms with Gasteiger partial charge in [-0.15, -0.1) is 0 Å². The van der Waals surface area contributed by atoms with Crippen molar-refractivity contribution in [1.29, 1.82) is 0 Å². The van der Waals surface area contributed by atoms with Gasteiger partial charge in [0.1, 0.15) is 0 Å². The van der Waals surface area contributed by atoms with Crippen LogP contribution in [0.25, 0.3) is 0 Å². The van der Waals surface area contributed by atoms with Crippen LogP contribution < -0.4 is 24.8 Å². The average Bonchev–Trinajstić information content (AvgIpc) is 1.65. The van der Waals surface area contributed by atoms with Crippen LogP contribution in [-0.2, 0) is 34.3 Å². The summed E-state index contributed by atoms with van der Waals surface area (Å²) in [5.41, 5.74) is 0. The SMILES string of the molecule is C=[C]C([S-])=NC.[Cl-].[Cl-].[Ti+3]. The summed E-state index contributed by atoms with van der Waals surface area (Å²) in [4.78, 5) is 3.56. The van der Waals surface area contributed by atoms with E-state index < -0.39 is 0 Å². The van der Waals surface area contributed by atoms with Gasteiger partial charge in [-0.05, 0) is 6.08 Å². The standard InChI is InChI=1S/C4H6NS.2ClH.Ti/c1-3-4(6)5-2;;;/h1H2,2H3,(H,5,6);2*1H;/q;;;+3/p-3. The predicted octanol–water partition coefficient (Wildman–Crippen LogP) is -5.44. The zero-order valence-corrected chi connectivity index (χ0v) is 8.71. The predicted molar refractivity (Wildman–Crippen MR) is 29.6 cm³/mol. The molecule has 0 N–H and O–H groups in total. The van der Waals surface area contributed by atoms with E-state index in [0.29, 0.717) is 5.04 Å². The number of rotatable bonds is 1. The molecule has 0 amide bonds. The van der Waals surface area contributed by atoms with E-state index in [0.717, 1.165) is 0 Å². The second kappa shape index (κ2) is 16.0. The largest absolute Gasteiger partial charge is 3.00 e. The molecule has 0 rings (SSSR count). The Morgan fingerprint density at radius 1 is 1.56 bits per heavy atom. The fourth-order valence-electron chi connectivity index (χ4n) is 0.0791. The van der Waals surface area contributed by atoms with Crippen LogP contribution in [0.5, 0.6) is 0 Å². The maximum absolute atomic E-state index is 4.52. The molecule has 0 spiro atoms. The van der Waals surface area contributed by atoms with Crippen LogP contribution in [-0.4, -0.2) is 12.1 Å². The van der Waals surface area contributed by atoms with Crippen molar-refractivity contribution in [3.63, 3.8) is 0 Å². The first-order valence-corrected chi connectivity index (χ1v) is 1.89. The minimum atomic E-state index is 0. The molecule has 0 heterocycles. The molecule has 0 aliphatic heterocycles. The van der Waals surface area contributed by atoms with Gasteiger partial charge >= 0.3 is 21.7 Å². The molecule has 50 valence electrons. The first kappa shape index (κ1) is 22.5. The summed E-state index contributed by atoms with van der Waals surface area (Å²) in [7, 11) is 1.61. The summed E-state index contributed by atoms with van der Waals surface area (Å²) in [5, 5.41) is 0.440. The molecule has 0 aromatic rings. The van der Waals surface area contributed by atoms with E-state index in [1.165, 1.54) is 0 Å². The van der Waals surface area contributed by atoms with Crippen LogP contribution in [0.2, 0.25) is 0 Å². The second-order valence-corrected chi connectivity index (χ2v) is 1.09. The van der Waals surface area contributed by atoms with Crippen molar-refractivity contribution in [3.05, 3.63) is 12.7 Å². The molecule has 5 heteroatoms. The van der Waals surface area contributed by atoms with E-state index in [1.807, 2.05) is 0 Å². The molecule has 0 saturated heterocycles. The third kappa shape index (κ3) is 17.6. The van der Waals surface area contributed by atoms with Gasteiger partial charge in [0.15, 0.2) is 0 Å². The van der Waals surface area contributed by atoms with Crippen molar-refractivity contribution >= 4 is 17.7 Å². The van der Waals surface area contributed by atoms with E-state index >= 15 is 0 Å². The fraction of sp³-hybridized carbons (Fsp3) is 0.250. The van der Waals surface area contributed by atoms with Crippen molar-refractivity contribution in [2.45, 2.75) is 0 Å². The van der Waals surface area contributed by atoms with E-state index in [1.54, 1.807) is 7.05 Å². The quantitative estimate of drug-likeness (QED) is 0.185. The van der Waals surface area contributed by atoms with Gasteiger partial charge in [0, 0.05) is 7.05 Å². The maximum atomic E-state index is 4.52. The third-order valence-electron chi connectivity index (χ3n) is 0.354. The average molecular weight is 218 g/mol. The molecule has 0 aliphatic carbocycles. The van der Waals surface area contributed by atoms with Crippen molar-refractivity contribution < 1.29 is 46.5 Å². The van der Waals surface area contributed by atoms with Gasteiger partial charge < -0.3 is 42.4 Å². The molecule has 0 unspecified atom stereocenters. The Labute approximate surface area is 88.5 Å². The van der Waals surface area contributed by atoms with Crippen LogP contribution in [0.3, 0.4) is 0 Å². The molecular weight excluding hydrogens is 213 g/mol. The van der Waals surface area contributed by atoms with Gasteiger partial charge in [0.2, 0.25) is 0 Å². The van der Waals surface area contributed by atoms with E-state index in [2.05, 4.69) is 30.3 Å². The van der Waals surface area contributed by atoms with Gasteiger partial charge in [-0.3, -0.25) is 0 Å². The van der Waals surface area contributed by atoms with E-state index in [-0.39, 0.29) is 46.5 Å². The third-order valence-corrected chi connectivity index (χ3v) is 0.681. The number of hydrogen-bond acceptors (Lipinski definition) is 2. The molecule has 0 saturated carbocycles. The number of nitrogens with zero attached hydrogens (tertiary/aromatic N) is 1. The fourth-order valence-corrected chi connectivity index (χ4v) is 0.0791. The number of halogens is 2. The topological polar surface area (TPSA) is 12.4 Å². The molecule has 0 aromatic carbocycles. The summed E-state index contributed by atoms with van der Waals surface area (Å²) in [6.07, 6.45) is 2.43. The molecule has 0 fully saturated rings. The first-order chi connectivity index (χ1) is 2.81. The molecule has 0 aromatic heterocycles. The Morgan fingerprint density at radius 3 is 1.89 bits per heavy atom. The zero-order chi connectivity index (χ0) is 4.99. The smallest absolute Gasteiger partial charge is 1.00 e. The van der Waals surface area contributed by atoms with E-state index in [9.17, 15) is 0 Å². The normalized spacial score (nSPS) is 7.44. The summed E-state index contributed by atoms with van der Waals surface area (Å²) < 4.78 is 0. The van der Waals surface area contributed by atoms with Gasteiger partial charge in [-0.1, -0.05) is 11.6 Å². The summed E-state index contributed by atoms with van der Waals surface area (Å²) in [6.45, 7) is 3.27. The van der Waals surface area contributed by atoms with Crippen LogP contribution in [0, 0.1) is 6.08 Å². The number of aliphatic imine (C=N–C) groups is 1. The Bertz CT molecular complexity index is 86.6. The van der Waals surface area contributed by atoms with Crippen molar-refractivity contribution in [2.24, 2.45) is 4.99 Å². The van der Waals surface area contributed by atoms with Crippen molar-refractivity contribution in [3.8, 4) is 0 Å². The monoisotopic (exact) mass is 217 g/mol. The second-order valence-electron chi connectivity index (χ2n) is 0.706. The molecule has 0 bridgehead atoms. The Hall–Kier alpha value is 0.924. The Kier molecular flexibility index (Phi) is 40.0. The van der Waals surface area contributed by atoms with Crippen LogP contribution in [0.15, 0.2) is 11.6 Å². The first-order valence-electron chi connectivity index (χ1n) is 1.48.